The number of likely N-dealkylation sites (tertiary alicyclic amines) is 1. The number of carbonyl (C=O) groups excluding carboxylic acids is 1. The van der Waals surface area contributed by atoms with Crippen molar-refractivity contribution in [2.75, 3.05) is 26.2 Å². The van der Waals surface area contributed by atoms with Gasteiger partial charge in [-0.25, -0.2) is 0 Å². The molecule has 1 saturated carbocycles. The molecule has 0 aromatic carbocycles. The van der Waals surface area contributed by atoms with E-state index in [1.165, 1.54) is 19.5 Å². The van der Waals surface area contributed by atoms with E-state index in [2.05, 4.69) is 31.0 Å². The second-order valence-electron chi connectivity index (χ2n) is 7.34. The molecule has 1 aliphatic carbocycles. The summed E-state index contributed by atoms with van der Waals surface area (Å²) >= 11 is 0. The highest BCUT2D eigenvalue weighted by Crippen LogP contribution is 2.38. The van der Waals surface area contributed by atoms with Crippen LogP contribution in [0.2, 0.25) is 0 Å². The monoisotopic (exact) mass is 295 g/mol. The molecule has 2 aliphatic rings. The highest BCUT2D eigenvalue weighted by atomic mass is 16.1. The number of likely N-dealkylation sites (N-methyl/N-ethyl adjacent to an activating group) is 1. The van der Waals surface area contributed by atoms with Crippen molar-refractivity contribution >= 4 is 5.91 Å². The van der Waals surface area contributed by atoms with Crippen LogP contribution < -0.4 is 11.1 Å². The van der Waals surface area contributed by atoms with Gasteiger partial charge in [0.05, 0.1) is 0 Å². The maximum absolute atomic E-state index is 12.0. The minimum atomic E-state index is -0.439. The smallest absolute Gasteiger partial charge is 0.238 e. The third kappa shape index (κ3) is 3.59. The summed E-state index contributed by atoms with van der Waals surface area (Å²) in [5.74, 6) is 1.90. The van der Waals surface area contributed by atoms with E-state index in [0.717, 1.165) is 50.6 Å². The molecule has 2 fully saturated rings. The zero-order valence-electron chi connectivity index (χ0n) is 14.0. The molecular formula is C17H33N3O. The topological polar surface area (TPSA) is 58.4 Å². The molecule has 1 amide bonds. The molecular weight excluding hydrogens is 262 g/mol. The molecule has 0 bridgehead atoms. The van der Waals surface area contributed by atoms with Gasteiger partial charge in [0.15, 0.2) is 0 Å². The first kappa shape index (κ1) is 16.8. The molecule has 122 valence electrons. The summed E-state index contributed by atoms with van der Waals surface area (Å²) in [6, 6.07) is 0. The molecule has 1 heterocycles. The van der Waals surface area contributed by atoms with Gasteiger partial charge in [-0.05, 0) is 63.1 Å². The molecule has 1 aliphatic heterocycles. The van der Waals surface area contributed by atoms with Gasteiger partial charge >= 0.3 is 0 Å². The third-order valence-corrected chi connectivity index (χ3v) is 5.80. The maximum atomic E-state index is 12.0. The van der Waals surface area contributed by atoms with Crippen LogP contribution in [-0.4, -0.2) is 42.5 Å². The number of hydrogen-bond donors (Lipinski definition) is 2. The van der Waals surface area contributed by atoms with Crippen molar-refractivity contribution in [3.63, 3.8) is 0 Å². The van der Waals surface area contributed by atoms with Crippen molar-refractivity contribution in [3.8, 4) is 0 Å². The molecule has 0 radical (unpaired) electrons. The summed E-state index contributed by atoms with van der Waals surface area (Å²) in [6.07, 6.45) is 5.60. The summed E-state index contributed by atoms with van der Waals surface area (Å²) in [5, 5.41) is 3.42. The highest BCUT2D eigenvalue weighted by molar-refractivity contribution is 5.85. The van der Waals surface area contributed by atoms with Crippen LogP contribution in [0.25, 0.3) is 0 Å². The second-order valence-corrected chi connectivity index (χ2v) is 7.34. The average molecular weight is 295 g/mol. The lowest BCUT2D eigenvalue weighted by atomic mass is 9.83. The molecule has 3 atom stereocenters. The van der Waals surface area contributed by atoms with E-state index < -0.39 is 5.54 Å². The molecule has 1 saturated heterocycles. The Kier molecular flexibility index (Phi) is 5.67. The minimum Gasteiger partial charge on any atom is -0.368 e. The Bertz CT molecular complexity index is 358. The molecule has 0 aromatic heterocycles. The Labute approximate surface area is 129 Å². The maximum Gasteiger partial charge on any atom is 0.238 e. The molecule has 21 heavy (non-hydrogen) atoms. The highest BCUT2D eigenvalue weighted by Gasteiger charge is 2.46. The first-order valence-corrected chi connectivity index (χ1v) is 8.77. The van der Waals surface area contributed by atoms with Gasteiger partial charge < -0.3 is 16.0 Å². The summed E-state index contributed by atoms with van der Waals surface area (Å²) in [4.78, 5) is 14.6. The number of carbonyl (C=O) groups is 1. The van der Waals surface area contributed by atoms with Gasteiger partial charge in [-0.1, -0.05) is 27.2 Å². The van der Waals surface area contributed by atoms with E-state index in [4.69, 9.17) is 5.73 Å². The quantitative estimate of drug-likeness (QED) is 0.755. The van der Waals surface area contributed by atoms with Crippen molar-refractivity contribution in [3.05, 3.63) is 0 Å². The number of amides is 1. The molecule has 0 aromatic rings. The summed E-state index contributed by atoms with van der Waals surface area (Å²) < 4.78 is 0. The van der Waals surface area contributed by atoms with Crippen LogP contribution in [0.4, 0.5) is 0 Å². The Morgan fingerprint density at radius 3 is 2.76 bits per heavy atom. The van der Waals surface area contributed by atoms with Gasteiger partial charge in [0.2, 0.25) is 5.91 Å². The van der Waals surface area contributed by atoms with Crippen LogP contribution in [-0.2, 0) is 4.79 Å². The number of nitrogens with zero attached hydrogens (tertiary/aromatic N) is 1. The Morgan fingerprint density at radius 2 is 2.19 bits per heavy atom. The predicted molar refractivity (Wildman–Crippen MR) is 86.9 cm³/mol. The van der Waals surface area contributed by atoms with E-state index in [0.29, 0.717) is 5.92 Å². The Balaban J connectivity index is 1.88. The van der Waals surface area contributed by atoms with Gasteiger partial charge in [0.25, 0.3) is 0 Å². The van der Waals surface area contributed by atoms with Crippen molar-refractivity contribution < 1.29 is 4.79 Å². The van der Waals surface area contributed by atoms with Gasteiger partial charge in [-0.15, -0.1) is 0 Å². The van der Waals surface area contributed by atoms with E-state index in [1.54, 1.807) is 0 Å². The van der Waals surface area contributed by atoms with Crippen LogP contribution in [0.1, 0.15) is 52.9 Å². The normalized spacial score (nSPS) is 33.9. The van der Waals surface area contributed by atoms with Gasteiger partial charge in [-0.2, -0.15) is 0 Å². The summed E-state index contributed by atoms with van der Waals surface area (Å²) in [6.45, 7) is 11.1. The summed E-state index contributed by atoms with van der Waals surface area (Å²) in [7, 11) is 0. The Morgan fingerprint density at radius 1 is 1.43 bits per heavy atom. The standard InChI is InChI=1S/C17H33N3O/c1-4-19-17(16(18)21)9-5-6-15(17)8-11-20-10-7-14(12-20)13(2)3/h13-15,19H,4-12H2,1-3H3,(H2,18,21). The fourth-order valence-corrected chi connectivity index (χ4v) is 4.38. The van der Waals surface area contributed by atoms with Crippen molar-refractivity contribution in [1.82, 2.24) is 10.2 Å². The zero-order valence-corrected chi connectivity index (χ0v) is 14.0. The van der Waals surface area contributed by atoms with E-state index in [9.17, 15) is 4.79 Å². The lowest BCUT2D eigenvalue weighted by molar-refractivity contribution is -0.126. The predicted octanol–water partition coefficient (Wildman–Crippen LogP) is 1.99. The lowest BCUT2D eigenvalue weighted by Crippen LogP contribution is -2.58. The largest absolute Gasteiger partial charge is 0.368 e. The van der Waals surface area contributed by atoms with E-state index in [1.807, 2.05) is 0 Å². The van der Waals surface area contributed by atoms with Crippen molar-refractivity contribution in [1.29, 1.82) is 0 Å². The van der Waals surface area contributed by atoms with Gasteiger partial charge in [-0.3, -0.25) is 4.79 Å². The molecule has 3 N–H and O–H groups in total. The number of rotatable bonds is 7. The van der Waals surface area contributed by atoms with Crippen LogP contribution >= 0.6 is 0 Å². The Hall–Kier alpha value is -0.610. The zero-order chi connectivity index (χ0) is 15.5. The van der Waals surface area contributed by atoms with Gasteiger partial charge in [0, 0.05) is 6.54 Å². The second kappa shape index (κ2) is 7.10. The first-order valence-electron chi connectivity index (χ1n) is 8.77. The van der Waals surface area contributed by atoms with E-state index in [-0.39, 0.29) is 5.91 Å². The van der Waals surface area contributed by atoms with Crippen LogP contribution in [0.3, 0.4) is 0 Å². The van der Waals surface area contributed by atoms with Crippen LogP contribution in [0, 0.1) is 17.8 Å². The number of nitrogens with two attached hydrogens (primary N) is 1. The first-order chi connectivity index (χ1) is 9.99. The fourth-order valence-electron chi connectivity index (χ4n) is 4.38. The number of nitrogens with one attached hydrogen (secondary N) is 1. The number of hydrogen-bond acceptors (Lipinski definition) is 3. The average Bonchev–Trinajstić information content (AvgIpc) is 3.04. The molecule has 3 unspecified atom stereocenters. The molecule has 0 spiro atoms. The fraction of sp³-hybridized carbons (Fsp3) is 0.941. The summed E-state index contributed by atoms with van der Waals surface area (Å²) in [5.41, 5.74) is 5.30. The lowest BCUT2D eigenvalue weighted by Gasteiger charge is -2.34. The number of primary amides is 1. The van der Waals surface area contributed by atoms with E-state index >= 15 is 0 Å². The SMILES string of the molecule is CCNC1(C(N)=O)CCCC1CCN1CCC(C(C)C)C1. The van der Waals surface area contributed by atoms with Gasteiger partial charge in [0.1, 0.15) is 5.54 Å². The van der Waals surface area contributed by atoms with Crippen molar-refractivity contribution in [2.45, 2.75) is 58.4 Å². The van der Waals surface area contributed by atoms with Crippen molar-refractivity contribution in [2.24, 2.45) is 23.5 Å². The van der Waals surface area contributed by atoms with Crippen LogP contribution in [0.5, 0.6) is 0 Å². The molecule has 4 heteroatoms. The molecule has 2 rings (SSSR count). The van der Waals surface area contributed by atoms with Crippen LogP contribution in [0.15, 0.2) is 0 Å². The minimum absolute atomic E-state index is 0.145. The molecule has 4 nitrogen and oxygen atoms in total. The third-order valence-electron chi connectivity index (χ3n) is 5.80.